The summed E-state index contributed by atoms with van der Waals surface area (Å²) in [6.07, 6.45) is 6.32. The first kappa shape index (κ1) is 11.0. The van der Waals surface area contributed by atoms with Crippen molar-refractivity contribution in [2.75, 3.05) is 13.2 Å². The molecule has 0 amide bonds. The monoisotopic (exact) mass is 185 g/mol. The number of rotatable bonds is 5. The summed E-state index contributed by atoms with van der Waals surface area (Å²) in [6, 6.07) is 0. The number of hydrogen-bond acceptors (Lipinski definition) is 2. The molecule has 0 heterocycles. The van der Waals surface area contributed by atoms with Gasteiger partial charge in [0.2, 0.25) is 0 Å². The average molecular weight is 185 g/mol. The van der Waals surface area contributed by atoms with Gasteiger partial charge >= 0.3 is 0 Å². The van der Waals surface area contributed by atoms with Crippen LogP contribution in [0.2, 0.25) is 0 Å². The van der Waals surface area contributed by atoms with Crippen LogP contribution >= 0.6 is 0 Å². The second-order valence-electron chi connectivity index (χ2n) is 4.18. The van der Waals surface area contributed by atoms with Crippen LogP contribution in [-0.4, -0.2) is 23.8 Å². The lowest BCUT2D eigenvalue weighted by Crippen LogP contribution is -2.53. The van der Waals surface area contributed by atoms with Crippen molar-refractivity contribution in [2.45, 2.75) is 51.5 Å². The number of likely N-dealkylation sites (N-methyl/N-ethyl adjacent to an activating group) is 1. The van der Waals surface area contributed by atoms with Gasteiger partial charge in [0.05, 0.1) is 6.61 Å². The minimum atomic E-state index is 0.0191. The van der Waals surface area contributed by atoms with E-state index in [1.165, 1.54) is 25.7 Å². The maximum atomic E-state index is 9.51. The van der Waals surface area contributed by atoms with Crippen LogP contribution in [0.5, 0.6) is 0 Å². The van der Waals surface area contributed by atoms with Crippen molar-refractivity contribution in [2.24, 2.45) is 5.92 Å². The summed E-state index contributed by atoms with van der Waals surface area (Å²) in [6.45, 7) is 5.55. The molecule has 1 atom stereocenters. The van der Waals surface area contributed by atoms with Crippen LogP contribution in [0.1, 0.15) is 46.0 Å². The Morgan fingerprint density at radius 1 is 1.31 bits per heavy atom. The molecule has 1 aliphatic rings. The molecule has 0 aromatic heterocycles. The molecule has 2 N–H and O–H groups in total. The molecule has 0 radical (unpaired) electrons. The van der Waals surface area contributed by atoms with E-state index in [-0.39, 0.29) is 5.54 Å². The lowest BCUT2D eigenvalue weighted by molar-refractivity contribution is 0.102. The molecule has 1 rings (SSSR count). The fraction of sp³-hybridized carbons (Fsp3) is 1.00. The fourth-order valence-electron chi connectivity index (χ4n) is 2.69. The van der Waals surface area contributed by atoms with E-state index in [9.17, 15) is 5.11 Å². The molecule has 13 heavy (non-hydrogen) atoms. The number of aliphatic hydroxyl groups excluding tert-OH is 1. The SMILES string of the molecule is CCNC(CC)(CO)C1CCCC1. The van der Waals surface area contributed by atoms with Gasteiger partial charge in [-0.1, -0.05) is 26.7 Å². The minimum absolute atomic E-state index is 0.0191. The third kappa shape index (κ3) is 2.23. The summed E-state index contributed by atoms with van der Waals surface area (Å²) < 4.78 is 0. The van der Waals surface area contributed by atoms with Crippen LogP contribution in [0.3, 0.4) is 0 Å². The molecule has 0 bridgehead atoms. The van der Waals surface area contributed by atoms with Crippen LogP contribution in [0.25, 0.3) is 0 Å². The first-order valence-corrected chi connectivity index (χ1v) is 5.65. The van der Waals surface area contributed by atoms with Crippen molar-refractivity contribution in [3.05, 3.63) is 0 Å². The zero-order chi connectivity index (χ0) is 9.73. The zero-order valence-corrected chi connectivity index (χ0v) is 8.97. The quantitative estimate of drug-likeness (QED) is 0.686. The van der Waals surface area contributed by atoms with Crippen LogP contribution in [0.4, 0.5) is 0 Å². The van der Waals surface area contributed by atoms with Crippen molar-refractivity contribution in [3.63, 3.8) is 0 Å². The topological polar surface area (TPSA) is 32.3 Å². The van der Waals surface area contributed by atoms with Crippen molar-refractivity contribution < 1.29 is 5.11 Å². The standard InChI is InChI=1S/C11H23NO/c1-3-11(9-13,12-4-2)10-7-5-6-8-10/h10,12-13H,3-9H2,1-2H3. The number of nitrogens with one attached hydrogen (secondary N) is 1. The summed E-state index contributed by atoms with van der Waals surface area (Å²) in [5, 5.41) is 13.0. The van der Waals surface area contributed by atoms with Gasteiger partial charge in [-0.2, -0.15) is 0 Å². The van der Waals surface area contributed by atoms with Gasteiger partial charge in [0.1, 0.15) is 0 Å². The summed E-state index contributed by atoms with van der Waals surface area (Å²) >= 11 is 0. The highest BCUT2D eigenvalue weighted by Gasteiger charge is 2.37. The zero-order valence-electron chi connectivity index (χ0n) is 8.97. The molecule has 0 aromatic carbocycles. The molecule has 0 spiro atoms. The van der Waals surface area contributed by atoms with Crippen LogP contribution in [-0.2, 0) is 0 Å². The highest BCUT2D eigenvalue weighted by molar-refractivity contribution is 4.94. The molecule has 0 aliphatic heterocycles. The summed E-state index contributed by atoms with van der Waals surface area (Å²) in [5.74, 6) is 0.697. The first-order chi connectivity index (χ1) is 6.29. The Morgan fingerprint density at radius 2 is 1.92 bits per heavy atom. The number of aliphatic hydroxyl groups is 1. The summed E-state index contributed by atoms with van der Waals surface area (Å²) in [4.78, 5) is 0. The smallest absolute Gasteiger partial charge is 0.0615 e. The predicted molar refractivity (Wildman–Crippen MR) is 55.7 cm³/mol. The fourth-order valence-corrected chi connectivity index (χ4v) is 2.69. The van der Waals surface area contributed by atoms with Crippen molar-refractivity contribution in [3.8, 4) is 0 Å². The normalized spacial score (nSPS) is 23.3. The molecule has 2 heteroatoms. The van der Waals surface area contributed by atoms with E-state index in [2.05, 4.69) is 19.2 Å². The van der Waals surface area contributed by atoms with E-state index >= 15 is 0 Å². The largest absolute Gasteiger partial charge is 0.394 e. The van der Waals surface area contributed by atoms with E-state index in [0.29, 0.717) is 12.5 Å². The summed E-state index contributed by atoms with van der Waals surface area (Å²) in [5.41, 5.74) is 0.0191. The van der Waals surface area contributed by atoms with Gasteiger partial charge < -0.3 is 10.4 Å². The van der Waals surface area contributed by atoms with Crippen LogP contribution in [0.15, 0.2) is 0 Å². The highest BCUT2D eigenvalue weighted by atomic mass is 16.3. The number of hydrogen-bond donors (Lipinski definition) is 2. The molecule has 1 saturated carbocycles. The van der Waals surface area contributed by atoms with Crippen LogP contribution in [0, 0.1) is 5.92 Å². The molecule has 78 valence electrons. The molecule has 1 unspecified atom stereocenters. The minimum Gasteiger partial charge on any atom is -0.394 e. The van der Waals surface area contributed by atoms with E-state index in [1.54, 1.807) is 0 Å². The second-order valence-corrected chi connectivity index (χ2v) is 4.18. The third-order valence-electron chi connectivity index (χ3n) is 3.58. The molecule has 0 aromatic rings. The van der Waals surface area contributed by atoms with Crippen molar-refractivity contribution in [1.82, 2.24) is 5.32 Å². The Labute approximate surface area is 81.7 Å². The lowest BCUT2D eigenvalue weighted by atomic mass is 9.81. The van der Waals surface area contributed by atoms with Crippen LogP contribution < -0.4 is 5.32 Å². The van der Waals surface area contributed by atoms with E-state index in [0.717, 1.165) is 13.0 Å². The highest BCUT2D eigenvalue weighted by Crippen LogP contribution is 2.35. The molecule has 1 aliphatic carbocycles. The Hall–Kier alpha value is -0.0800. The maximum Gasteiger partial charge on any atom is 0.0615 e. The molecular weight excluding hydrogens is 162 g/mol. The maximum absolute atomic E-state index is 9.51. The van der Waals surface area contributed by atoms with Gasteiger partial charge in [-0.05, 0) is 31.7 Å². The lowest BCUT2D eigenvalue weighted by Gasteiger charge is -2.37. The Bertz CT molecular complexity index is 137. The molecule has 0 saturated heterocycles. The molecule has 2 nitrogen and oxygen atoms in total. The molecule has 1 fully saturated rings. The van der Waals surface area contributed by atoms with Gasteiger partial charge in [0.25, 0.3) is 0 Å². The Morgan fingerprint density at radius 3 is 2.31 bits per heavy atom. The third-order valence-corrected chi connectivity index (χ3v) is 3.58. The first-order valence-electron chi connectivity index (χ1n) is 5.65. The van der Waals surface area contributed by atoms with Crippen molar-refractivity contribution in [1.29, 1.82) is 0 Å². The van der Waals surface area contributed by atoms with E-state index in [4.69, 9.17) is 0 Å². The summed E-state index contributed by atoms with van der Waals surface area (Å²) in [7, 11) is 0. The average Bonchev–Trinajstić information content (AvgIpc) is 2.68. The van der Waals surface area contributed by atoms with Crippen molar-refractivity contribution >= 4 is 0 Å². The van der Waals surface area contributed by atoms with Gasteiger partial charge in [-0.15, -0.1) is 0 Å². The van der Waals surface area contributed by atoms with Gasteiger partial charge in [-0.3, -0.25) is 0 Å². The van der Waals surface area contributed by atoms with E-state index in [1.807, 2.05) is 0 Å². The Kier molecular flexibility index (Phi) is 4.20. The van der Waals surface area contributed by atoms with E-state index < -0.39 is 0 Å². The van der Waals surface area contributed by atoms with Gasteiger partial charge in [-0.25, -0.2) is 0 Å². The van der Waals surface area contributed by atoms with Gasteiger partial charge in [0.15, 0.2) is 0 Å². The second kappa shape index (κ2) is 4.97. The predicted octanol–water partition coefficient (Wildman–Crippen LogP) is 1.93. The Balaban J connectivity index is 2.62. The molecular formula is C11H23NO. The van der Waals surface area contributed by atoms with Gasteiger partial charge in [0, 0.05) is 5.54 Å².